The lowest BCUT2D eigenvalue weighted by molar-refractivity contribution is -0.138. The molecule has 1 heterocycles. The summed E-state index contributed by atoms with van der Waals surface area (Å²) >= 11 is 0. The van der Waals surface area contributed by atoms with Crippen LogP contribution < -0.4 is 5.32 Å². The molecule has 0 spiro atoms. The maximum atomic E-state index is 11.2. The summed E-state index contributed by atoms with van der Waals surface area (Å²) in [5.41, 5.74) is 1.84. The van der Waals surface area contributed by atoms with Gasteiger partial charge in [-0.05, 0) is 18.1 Å². The van der Waals surface area contributed by atoms with Crippen LogP contribution in [0, 0.1) is 5.92 Å². The molecule has 0 saturated carbocycles. The number of nitrogens with zero attached hydrogens (tertiary/aromatic N) is 2. The van der Waals surface area contributed by atoms with Gasteiger partial charge in [0.2, 0.25) is 5.95 Å². The average molecular weight is 247 g/mol. The molecule has 1 aromatic heterocycles. The van der Waals surface area contributed by atoms with Gasteiger partial charge < -0.3 is 15.0 Å². The number of aliphatic carboxylic acids is 1. The van der Waals surface area contributed by atoms with Crippen LogP contribution in [0.3, 0.4) is 0 Å². The number of fused-ring (bicyclic) bond motifs is 1. The molecule has 5 heteroatoms. The Hall–Kier alpha value is -2.04. The molecule has 0 saturated heterocycles. The van der Waals surface area contributed by atoms with Gasteiger partial charge in [-0.2, -0.15) is 0 Å². The number of anilines is 1. The van der Waals surface area contributed by atoms with Crippen LogP contribution in [0.25, 0.3) is 11.0 Å². The predicted molar refractivity (Wildman–Crippen MR) is 70.6 cm³/mol. The average Bonchev–Trinajstić information content (AvgIpc) is 2.63. The van der Waals surface area contributed by atoms with Crippen molar-refractivity contribution in [1.29, 1.82) is 0 Å². The molecule has 0 bridgehead atoms. The van der Waals surface area contributed by atoms with E-state index in [9.17, 15) is 9.90 Å². The molecule has 96 valence electrons. The quantitative estimate of drug-likeness (QED) is 0.868. The predicted octanol–water partition coefficient (Wildman–Crippen LogP) is 2.09. The number of benzene rings is 1. The Kier molecular flexibility index (Phi) is 3.23. The number of imidazole rings is 1. The topological polar surface area (TPSA) is 67.2 Å². The summed E-state index contributed by atoms with van der Waals surface area (Å²) in [5, 5.41) is 12.2. The summed E-state index contributed by atoms with van der Waals surface area (Å²) in [4.78, 5) is 15.6. The van der Waals surface area contributed by atoms with Crippen LogP contribution in [0.5, 0.6) is 0 Å². The van der Waals surface area contributed by atoms with Crippen molar-refractivity contribution in [1.82, 2.24) is 9.55 Å². The monoisotopic (exact) mass is 247 g/mol. The highest BCUT2D eigenvalue weighted by Gasteiger charge is 2.23. The number of hydrogen-bond acceptors (Lipinski definition) is 3. The van der Waals surface area contributed by atoms with Gasteiger partial charge in [-0.1, -0.05) is 26.0 Å². The number of rotatable bonds is 4. The summed E-state index contributed by atoms with van der Waals surface area (Å²) in [5.74, 6) is -0.295. The Morgan fingerprint density at radius 1 is 1.39 bits per heavy atom. The molecule has 0 unspecified atom stereocenters. The van der Waals surface area contributed by atoms with E-state index in [0.29, 0.717) is 5.95 Å². The van der Waals surface area contributed by atoms with E-state index < -0.39 is 12.0 Å². The van der Waals surface area contributed by atoms with Crippen molar-refractivity contribution in [2.24, 2.45) is 13.0 Å². The fourth-order valence-electron chi connectivity index (χ4n) is 1.93. The number of carboxylic acid groups (broad SMARTS) is 1. The lowest BCUT2D eigenvalue weighted by Gasteiger charge is -2.18. The standard InChI is InChI=1S/C13H17N3O2/c1-8(2)11(12(17)18)15-13-14-9-6-4-5-7-10(9)16(13)3/h4-8,11H,1-3H3,(H,14,15)(H,17,18)/t11-/m1/s1. The third-order valence-corrected chi connectivity index (χ3v) is 3.00. The lowest BCUT2D eigenvalue weighted by Crippen LogP contribution is -2.35. The van der Waals surface area contributed by atoms with Crippen molar-refractivity contribution in [3.63, 3.8) is 0 Å². The van der Waals surface area contributed by atoms with E-state index in [2.05, 4.69) is 10.3 Å². The van der Waals surface area contributed by atoms with Gasteiger partial charge in [0.25, 0.3) is 0 Å². The number of hydrogen-bond donors (Lipinski definition) is 2. The second kappa shape index (κ2) is 4.68. The number of carboxylic acids is 1. The van der Waals surface area contributed by atoms with Gasteiger partial charge in [-0.15, -0.1) is 0 Å². The van der Waals surface area contributed by atoms with Gasteiger partial charge >= 0.3 is 5.97 Å². The third-order valence-electron chi connectivity index (χ3n) is 3.00. The van der Waals surface area contributed by atoms with Crippen molar-refractivity contribution in [2.75, 3.05) is 5.32 Å². The van der Waals surface area contributed by atoms with Crippen LogP contribution in [0.1, 0.15) is 13.8 Å². The molecular formula is C13H17N3O2. The van der Waals surface area contributed by atoms with Gasteiger partial charge in [0.1, 0.15) is 6.04 Å². The third kappa shape index (κ3) is 2.16. The molecule has 1 aromatic carbocycles. The summed E-state index contributed by atoms with van der Waals surface area (Å²) in [6, 6.07) is 7.08. The Labute approximate surface area is 105 Å². The van der Waals surface area contributed by atoms with Crippen molar-refractivity contribution in [2.45, 2.75) is 19.9 Å². The number of nitrogens with one attached hydrogen (secondary N) is 1. The summed E-state index contributed by atoms with van der Waals surface area (Å²) in [7, 11) is 1.87. The first kappa shape index (κ1) is 12.4. The van der Waals surface area contributed by atoms with Crippen LogP contribution >= 0.6 is 0 Å². The van der Waals surface area contributed by atoms with Crippen LogP contribution in [-0.4, -0.2) is 26.7 Å². The van der Waals surface area contributed by atoms with E-state index in [4.69, 9.17) is 0 Å². The molecule has 0 aliphatic carbocycles. The van der Waals surface area contributed by atoms with E-state index in [-0.39, 0.29) is 5.92 Å². The SMILES string of the molecule is CC(C)[C@@H](Nc1nc2ccccc2n1C)C(=O)O. The normalized spacial score (nSPS) is 12.9. The lowest BCUT2D eigenvalue weighted by atomic mass is 10.1. The second-order valence-electron chi connectivity index (χ2n) is 4.69. The van der Waals surface area contributed by atoms with Crippen LogP contribution in [0.4, 0.5) is 5.95 Å². The Morgan fingerprint density at radius 2 is 2.06 bits per heavy atom. The summed E-state index contributed by atoms with van der Waals surface area (Å²) in [6.45, 7) is 3.74. The summed E-state index contributed by atoms with van der Waals surface area (Å²) < 4.78 is 1.87. The Morgan fingerprint density at radius 3 is 2.61 bits per heavy atom. The van der Waals surface area contributed by atoms with Crippen molar-refractivity contribution >= 4 is 23.0 Å². The minimum Gasteiger partial charge on any atom is -0.480 e. The smallest absolute Gasteiger partial charge is 0.326 e. The Balaban J connectivity index is 2.36. The minimum absolute atomic E-state index is 0.0117. The first-order chi connectivity index (χ1) is 8.50. The molecule has 0 fully saturated rings. The van der Waals surface area contributed by atoms with Crippen molar-refractivity contribution in [3.8, 4) is 0 Å². The fraction of sp³-hybridized carbons (Fsp3) is 0.385. The zero-order chi connectivity index (χ0) is 13.3. The molecular weight excluding hydrogens is 230 g/mol. The second-order valence-corrected chi connectivity index (χ2v) is 4.69. The molecule has 5 nitrogen and oxygen atoms in total. The zero-order valence-electron chi connectivity index (χ0n) is 10.7. The minimum atomic E-state index is -0.864. The van der Waals surface area contributed by atoms with E-state index in [1.54, 1.807) is 0 Å². The Bertz CT molecular complexity index is 575. The van der Waals surface area contributed by atoms with Crippen molar-refractivity contribution in [3.05, 3.63) is 24.3 Å². The molecule has 0 aliphatic heterocycles. The van der Waals surface area contributed by atoms with Crippen LogP contribution in [-0.2, 0) is 11.8 Å². The fourth-order valence-corrected chi connectivity index (χ4v) is 1.93. The molecule has 0 radical (unpaired) electrons. The summed E-state index contributed by atoms with van der Waals surface area (Å²) in [6.07, 6.45) is 0. The molecule has 0 aliphatic rings. The maximum absolute atomic E-state index is 11.2. The van der Waals surface area contributed by atoms with Gasteiger partial charge in [0.05, 0.1) is 11.0 Å². The first-order valence-electron chi connectivity index (χ1n) is 5.91. The van der Waals surface area contributed by atoms with Crippen LogP contribution in [0.15, 0.2) is 24.3 Å². The van der Waals surface area contributed by atoms with E-state index in [0.717, 1.165) is 11.0 Å². The molecule has 2 rings (SSSR count). The van der Waals surface area contributed by atoms with Gasteiger partial charge in [-0.3, -0.25) is 0 Å². The highest BCUT2D eigenvalue weighted by atomic mass is 16.4. The maximum Gasteiger partial charge on any atom is 0.326 e. The molecule has 2 N–H and O–H groups in total. The molecule has 18 heavy (non-hydrogen) atoms. The van der Waals surface area contributed by atoms with E-state index in [1.165, 1.54) is 0 Å². The van der Waals surface area contributed by atoms with Gasteiger partial charge in [-0.25, -0.2) is 9.78 Å². The van der Waals surface area contributed by atoms with Crippen molar-refractivity contribution < 1.29 is 9.90 Å². The molecule has 1 atom stereocenters. The number of carbonyl (C=O) groups is 1. The number of aryl methyl sites for hydroxylation is 1. The van der Waals surface area contributed by atoms with Gasteiger partial charge in [0, 0.05) is 7.05 Å². The molecule has 2 aromatic rings. The van der Waals surface area contributed by atoms with Gasteiger partial charge in [0.15, 0.2) is 0 Å². The highest BCUT2D eigenvalue weighted by molar-refractivity contribution is 5.81. The first-order valence-corrected chi connectivity index (χ1v) is 5.91. The van der Waals surface area contributed by atoms with Crippen LogP contribution in [0.2, 0.25) is 0 Å². The largest absolute Gasteiger partial charge is 0.480 e. The number of para-hydroxylation sites is 2. The number of aromatic nitrogens is 2. The van der Waals surface area contributed by atoms with E-state index >= 15 is 0 Å². The zero-order valence-corrected chi connectivity index (χ0v) is 10.7. The highest BCUT2D eigenvalue weighted by Crippen LogP contribution is 2.19. The molecule has 0 amide bonds. The van der Waals surface area contributed by atoms with E-state index in [1.807, 2.05) is 49.7 Å².